The van der Waals surface area contributed by atoms with Gasteiger partial charge >= 0.3 is 0 Å². The molecule has 0 aliphatic heterocycles. The third kappa shape index (κ3) is 4.24. The maximum absolute atomic E-state index is 13.1. The Morgan fingerprint density at radius 3 is 2.36 bits per heavy atom. The Morgan fingerprint density at radius 2 is 1.80 bits per heavy atom. The first-order chi connectivity index (χ1) is 12.2. The van der Waals surface area contributed by atoms with Crippen LogP contribution in [0.25, 0.3) is 0 Å². The molecular weight excluding hydrogens is 326 g/mol. The number of rotatable bonds is 9. The summed E-state index contributed by atoms with van der Waals surface area (Å²) in [5.41, 5.74) is 1.28. The van der Waals surface area contributed by atoms with Crippen LogP contribution in [-0.4, -0.2) is 52.4 Å². The molecule has 25 heavy (non-hydrogen) atoms. The third-order valence-corrected chi connectivity index (χ3v) is 3.74. The van der Waals surface area contributed by atoms with Crippen LogP contribution >= 0.6 is 0 Å². The summed E-state index contributed by atoms with van der Waals surface area (Å²) in [5, 5.41) is 0. The molecule has 7 heteroatoms. The van der Waals surface area contributed by atoms with Crippen molar-refractivity contribution < 1.29 is 28.2 Å². The molecule has 0 aliphatic rings. The second-order valence-electron chi connectivity index (χ2n) is 5.23. The van der Waals surface area contributed by atoms with Crippen LogP contribution in [-0.2, 0) is 11.3 Å². The van der Waals surface area contributed by atoms with Gasteiger partial charge in [0, 0.05) is 25.8 Å². The Hall–Kier alpha value is -2.67. The van der Waals surface area contributed by atoms with Crippen molar-refractivity contribution in [1.29, 1.82) is 0 Å². The minimum Gasteiger partial charge on any atom is -0.493 e. The predicted octanol–water partition coefficient (Wildman–Crippen LogP) is 2.59. The molecule has 7 nitrogen and oxygen atoms in total. The summed E-state index contributed by atoms with van der Waals surface area (Å²) in [6, 6.07) is 5.16. The number of hydrogen-bond acceptors (Lipinski definition) is 6. The molecule has 0 aliphatic carbocycles. The summed E-state index contributed by atoms with van der Waals surface area (Å²) >= 11 is 0. The zero-order valence-corrected chi connectivity index (χ0v) is 14.9. The second-order valence-corrected chi connectivity index (χ2v) is 5.23. The lowest BCUT2D eigenvalue weighted by Gasteiger charge is -2.24. The molecule has 0 fully saturated rings. The van der Waals surface area contributed by atoms with Crippen LogP contribution in [0.15, 0.2) is 35.1 Å². The number of furan rings is 1. The van der Waals surface area contributed by atoms with E-state index in [0.29, 0.717) is 42.5 Å². The molecule has 1 amide bonds. The van der Waals surface area contributed by atoms with E-state index >= 15 is 0 Å². The van der Waals surface area contributed by atoms with Crippen molar-refractivity contribution in [3.63, 3.8) is 0 Å². The summed E-state index contributed by atoms with van der Waals surface area (Å²) in [4.78, 5) is 14.8. The van der Waals surface area contributed by atoms with Crippen LogP contribution < -0.4 is 14.2 Å². The lowest BCUT2D eigenvalue weighted by Crippen LogP contribution is -2.33. The molecule has 0 N–H and O–H groups in total. The smallest absolute Gasteiger partial charge is 0.258 e. The fraction of sp³-hybridized carbons (Fsp3) is 0.389. The number of carbonyl (C=O) groups excluding carboxylic acids is 1. The average molecular weight is 349 g/mol. The van der Waals surface area contributed by atoms with E-state index in [2.05, 4.69) is 0 Å². The molecule has 1 aromatic carbocycles. The molecule has 1 heterocycles. The Bertz CT molecular complexity index is 683. The van der Waals surface area contributed by atoms with Gasteiger partial charge in [0.25, 0.3) is 5.91 Å². The van der Waals surface area contributed by atoms with E-state index in [9.17, 15) is 4.79 Å². The molecule has 2 rings (SSSR count). The third-order valence-electron chi connectivity index (χ3n) is 3.74. The van der Waals surface area contributed by atoms with Gasteiger partial charge in [-0.25, -0.2) is 0 Å². The van der Waals surface area contributed by atoms with Gasteiger partial charge in [-0.3, -0.25) is 4.79 Å². The Balaban J connectivity index is 2.37. The van der Waals surface area contributed by atoms with Crippen LogP contribution in [0.1, 0.15) is 15.9 Å². The summed E-state index contributed by atoms with van der Waals surface area (Å²) in [7, 11) is 6.12. The first-order valence-corrected chi connectivity index (χ1v) is 7.74. The first kappa shape index (κ1) is 18.7. The molecule has 0 bridgehead atoms. The highest BCUT2D eigenvalue weighted by Crippen LogP contribution is 2.40. The highest BCUT2D eigenvalue weighted by Gasteiger charge is 2.24. The van der Waals surface area contributed by atoms with E-state index < -0.39 is 0 Å². The number of hydrogen-bond donors (Lipinski definition) is 0. The number of benzene rings is 1. The number of carbonyl (C=O) groups is 1. The summed E-state index contributed by atoms with van der Waals surface area (Å²) in [5.74, 6) is 1.01. The maximum Gasteiger partial charge on any atom is 0.258 e. The fourth-order valence-corrected chi connectivity index (χ4v) is 2.50. The number of ether oxygens (including phenoxy) is 4. The van der Waals surface area contributed by atoms with E-state index in [1.807, 2.05) is 6.07 Å². The first-order valence-electron chi connectivity index (χ1n) is 7.74. The van der Waals surface area contributed by atoms with E-state index in [1.165, 1.54) is 21.3 Å². The fourth-order valence-electron chi connectivity index (χ4n) is 2.50. The van der Waals surface area contributed by atoms with Crippen molar-refractivity contribution in [1.82, 2.24) is 4.90 Å². The quantitative estimate of drug-likeness (QED) is 0.693. The SMILES string of the molecule is COCCN(Cc1ccoc1)C(=O)c1ccc(OC)c(OC)c1OC. The van der Waals surface area contributed by atoms with Gasteiger partial charge in [-0.1, -0.05) is 0 Å². The van der Waals surface area contributed by atoms with Crippen LogP contribution in [0, 0.1) is 0 Å². The zero-order chi connectivity index (χ0) is 18.2. The van der Waals surface area contributed by atoms with E-state index in [4.69, 9.17) is 23.4 Å². The van der Waals surface area contributed by atoms with E-state index in [1.54, 1.807) is 36.7 Å². The van der Waals surface area contributed by atoms with Crippen molar-refractivity contribution in [2.24, 2.45) is 0 Å². The Morgan fingerprint density at radius 1 is 1.04 bits per heavy atom. The maximum atomic E-state index is 13.1. The van der Waals surface area contributed by atoms with Crippen LogP contribution in [0.4, 0.5) is 0 Å². The molecule has 0 spiro atoms. The number of methoxy groups -OCH3 is 4. The standard InChI is InChI=1S/C18H23NO6/c1-21-10-8-19(11-13-7-9-25-12-13)18(20)14-5-6-15(22-2)17(24-4)16(14)23-3/h5-7,9,12H,8,10-11H2,1-4H3. The van der Waals surface area contributed by atoms with Crippen molar-refractivity contribution in [3.8, 4) is 17.2 Å². The lowest BCUT2D eigenvalue weighted by molar-refractivity contribution is 0.0676. The Kier molecular flexibility index (Phi) is 6.71. The zero-order valence-electron chi connectivity index (χ0n) is 14.9. The topological polar surface area (TPSA) is 70.4 Å². The molecule has 0 atom stereocenters. The molecule has 0 saturated heterocycles. The van der Waals surface area contributed by atoms with Crippen molar-refractivity contribution >= 4 is 5.91 Å². The van der Waals surface area contributed by atoms with E-state index in [0.717, 1.165) is 5.56 Å². The highest BCUT2D eigenvalue weighted by atomic mass is 16.5. The molecule has 136 valence electrons. The van der Waals surface area contributed by atoms with Gasteiger partial charge in [0.2, 0.25) is 5.75 Å². The lowest BCUT2D eigenvalue weighted by atomic mass is 10.1. The van der Waals surface area contributed by atoms with Gasteiger partial charge in [-0.15, -0.1) is 0 Å². The van der Waals surface area contributed by atoms with Gasteiger partial charge in [0.1, 0.15) is 0 Å². The average Bonchev–Trinajstić information content (AvgIpc) is 3.16. The number of amides is 1. The van der Waals surface area contributed by atoms with Crippen molar-refractivity contribution in [2.75, 3.05) is 41.6 Å². The van der Waals surface area contributed by atoms with E-state index in [-0.39, 0.29) is 5.91 Å². The molecule has 2 aromatic rings. The van der Waals surface area contributed by atoms with Gasteiger partial charge < -0.3 is 28.3 Å². The minimum atomic E-state index is -0.198. The van der Waals surface area contributed by atoms with Crippen LogP contribution in [0.3, 0.4) is 0 Å². The Labute approximate surface area is 147 Å². The molecule has 0 unspecified atom stereocenters. The number of nitrogens with zero attached hydrogens (tertiary/aromatic N) is 1. The van der Waals surface area contributed by atoms with Crippen molar-refractivity contribution in [2.45, 2.75) is 6.54 Å². The molecule has 0 radical (unpaired) electrons. The molecule has 1 aromatic heterocycles. The largest absolute Gasteiger partial charge is 0.493 e. The van der Waals surface area contributed by atoms with Gasteiger partial charge in [0.05, 0.1) is 46.0 Å². The predicted molar refractivity (Wildman–Crippen MR) is 91.4 cm³/mol. The normalized spacial score (nSPS) is 10.4. The monoisotopic (exact) mass is 349 g/mol. The van der Waals surface area contributed by atoms with Gasteiger partial charge in [-0.05, 0) is 18.2 Å². The molecule has 0 saturated carbocycles. The summed E-state index contributed by atoms with van der Waals surface area (Å²) < 4.78 is 26.2. The minimum absolute atomic E-state index is 0.198. The second kappa shape index (κ2) is 8.98. The van der Waals surface area contributed by atoms with Crippen molar-refractivity contribution in [3.05, 3.63) is 41.9 Å². The van der Waals surface area contributed by atoms with Gasteiger partial charge in [-0.2, -0.15) is 0 Å². The molecular formula is C18H23NO6. The van der Waals surface area contributed by atoms with Crippen LogP contribution in [0.5, 0.6) is 17.2 Å². The van der Waals surface area contributed by atoms with Crippen LogP contribution in [0.2, 0.25) is 0 Å². The summed E-state index contributed by atoms with van der Waals surface area (Å²) in [6.45, 7) is 1.24. The summed E-state index contributed by atoms with van der Waals surface area (Å²) in [6.07, 6.45) is 3.18. The highest BCUT2D eigenvalue weighted by molar-refractivity contribution is 5.98. The van der Waals surface area contributed by atoms with Gasteiger partial charge in [0.15, 0.2) is 11.5 Å².